The first-order chi connectivity index (χ1) is 14.6. The molecule has 0 amide bonds. The Morgan fingerprint density at radius 3 is 2.73 bits per heavy atom. The predicted octanol–water partition coefficient (Wildman–Crippen LogP) is 3.39. The van der Waals surface area contributed by atoms with Gasteiger partial charge < -0.3 is 24.4 Å². The predicted molar refractivity (Wildman–Crippen MR) is 115 cm³/mol. The maximum atomic E-state index is 13.3. The van der Waals surface area contributed by atoms with Crippen molar-refractivity contribution in [3.05, 3.63) is 65.5 Å². The van der Waals surface area contributed by atoms with E-state index >= 15 is 0 Å². The zero-order chi connectivity index (χ0) is 21.3. The lowest BCUT2D eigenvalue weighted by Crippen LogP contribution is -2.50. The number of guanidine groups is 1. The molecule has 0 spiro atoms. The summed E-state index contributed by atoms with van der Waals surface area (Å²) in [4.78, 5) is 6.64. The van der Waals surface area contributed by atoms with E-state index in [0.29, 0.717) is 26.3 Å². The fraction of sp³-hybridized carbons (Fsp3) is 0.435. The molecule has 1 heterocycles. The molecule has 0 radical (unpaired) electrons. The first kappa shape index (κ1) is 22.1. The molecule has 1 N–H and O–H groups in total. The van der Waals surface area contributed by atoms with Crippen molar-refractivity contribution < 1.29 is 18.6 Å². The van der Waals surface area contributed by atoms with E-state index in [1.54, 1.807) is 26.3 Å². The van der Waals surface area contributed by atoms with E-state index in [-0.39, 0.29) is 18.0 Å². The highest BCUT2D eigenvalue weighted by Crippen LogP contribution is 2.25. The van der Waals surface area contributed by atoms with Crippen molar-refractivity contribution >= 4 is 5.96 Å². The van der Waals surface area contributed by atoms with Crippen molar-refractivity contribution in [1.82, 2.24) is 10.2 Å². The topological polar surface area (TPSA) is 55.3 Å². The Morgan fingerprint density at radius 2 is 2.00 bits per heavy atom. The first-order valence-electron chi connectivity index (χ1n) is 10.2. The van der Waals surface area contributed by atoms with E-state index in [4.69, 9.17) is 14.2 Å². The summed E-state index contributed by atoms with van der Waals surface area (Å²) in [5.41, 5.74) is 2.06. The van der Waals surface area contributed by atoms with Crippen LogP contribution < -0.4 is 10.1 Å². The number of benzene rings is 2. The molecule has 1 saturated heterocycles. The number of nitrogens with one attached hydrogen (secondary N) is 1. The van der Waals surface area contributed by atoms with E-state index in [0.717, 1.165) is 29.4 Å². The molecule has 162 valence electrons. The van der Waals surface area contributed by atoms with Crippen molar-refractivity contribution in [1.29, 1.82) is 0 Å². The quantitative estimate of drug-likeness (QED) is 0.427. The van der Waals surface area contributed by atoms with Crippen LogP contribution in [0.15, 0.2) is 53.5 Å². The van der Waals surface area contributed by atoms with Crippen LogP contribution >= 0.6 is 0 Å². The molecular weight excluding hydrogens is 385 g/mol. The summed E-state index contributed by atoms with van der Waals surface area (Å²) in [6.07, 6.45) is -0.102. The van der Waals surface area contributed by atoms with Gasteiger partial charge in [-0.2, -0.15) is 0 Å². The molecule has 1 fully saturated rings. The molecule has 1 aliphatic heterocycles. The van der Waals surface area contributed by atoms with Crippen molar-refractivity contribution in [2.24, 2.45) is 4.99 Å². The van der Waals surface area contributed by atoms with Gasteiger partial charge in [0, 0.05) is 27.2 Å². The van der Waals surface area contributed by atoms with Gasteiger partial charge in [-0.25, -0.2) is 4.39 Å². The fourth-order valence-corrected chi connectivity index (χ4v) is 3.49. The van der Waals surface area contributed by atoms with E-state index in [1.807, 2.05) is 31.2 Å². The number of nitrogens with zero attached hydrogens (tertiary/aromatic N) is 2. The second-order valence-electron chi connectivity index (χ2n) is 7.28. The number of hydrogen-bond acceptors (Lipinski definition) is 4. The average molecular weight is 416 g/mol. The number of morpholine rings is 1. The van der Waals surface area contributed by atoms with Crippen LogP contribution in [0.4, 0.5) is 4.39 Å². The molecule has 0 saturated carbocycles. The molecule has 0 bridgehead atoms. The van der Waals surface area contributed by atoms with Gasteiger partial charge in [0.15, 0.2) is 5.96 Å². The smallest absolute Gasteiger partial charge is 0.194 e. The molecule has 2 atom stereocenters. The molecule has 0 aromatic heterocycles. The Hall–Kier alpha value is -2.64. The lowest BCUT2D eigenvalue weighted by atomic mass is 10.1. The van der Waals surface area contributed by atoms with E-state index < -0.39 is 0 Å². The Kier molecular flexibility index (Phi) is 8.04. The molecule has 3 rings (SSSR count). The van der Waals surface area contributed by atoms with Crippen LogP contribution in [0.3, 0.4) is 0 Å². The summed E-state index contributed by atoms with van der Waals surface area (Å²) in [6.45, 7) is 5.12. The summed E-state index contributed by atoms with van der Waals surface area (Å²) >= 11 is 0. The Balaban J connectivity index is 1.61. The van der Waals surface area contributed by atoms with Crippen molar-refractivity contribution in [2.45, 2.75) is 25.7 Å². The SMILES string of the molecule is CN=C(NCc1cccc(OCCOC)c1)N1CC(C)OC(c2ccc(F)cc2)C1. The summed E-state index contributed by atoms with van der Waals surface area (Å²) in [7, 11) is 3.43. The van der Waals surface area contributed by atoms with Gasteiger partial charge in [0.25, 0.3) is 0 Å². The summed E-state index contributed by atoms with van der Waals surface area (Å²) in [5.74, 6) is 1.38. The van der Waals surface area contributed by atoms with Crippen LogP contribution in [0.25, 0.3) is 0 Å². The van der Waals surface area contributed by atoms with Gasteiger partial charge in [0.05, 0.1) is 19.3 Å². The third kappa shape index (κ3) is 6.18. The molecule has 2 aromatic carbocycles. The van der Waals surface area contributed by atoms with Gasteiger partial charge in [0.1, 0.15) is 24.3 Å². The molecule has 2 unspecified atom stereocenters. The monoisotopic (exact) mass is 415 g/mol. The molecule has 30 heavy (non-hydrogen) atoms. The van der Waals surface area contributed by atoms with Crippen LogP contribution in [0.2, 0.25) is 0 Å². The zero-order valence-electron chi connectivity index (χ0n) is 17.8. The third-order valence-corrected chi connectivity index (χ3v) is 4.92. The number of hydrogen-bond donors (Lipinski definition) is 1. The number of rotatable bonds is 7. The molecule has 6 nitrogen and oxygen atoms in total. The van der Waals surface area contributed by atoms with Crippen molar-refractivity contribution in [3.63, 3.8) is 0 Å². The van der Waals surface area contributed by atoms with E-state index in [1.165, 1.54) is 12.1 Å². The second kappa shape index (κ2) is 10.9. The highest BCUT2D eigenvalue weighted by atomic mass is 19.1. The molecule has 1 aliphatic rings. The van der Waals surface area contributed by atoms with E-state index in [9.17, 15) is 4.39 Å². The minimum Gasteiger partial charge on any atom is -0.491 e. The van der Waals surface area contributed by atoms with Crippen LogP contribution in [0, 0.1) is 5.82 Å². The highest BCUT2D eigenvalue weighted by Gasteiger charge is 2.28. The maximum Gasteiger partial charge on any atom is 0.194 e. The summed E-state index contributed by atoms with van der Waals surface area (Å²) in [6, 6.07) is 14.5. The summed E-state index contributed by atoms with van der Waals surface area (Å²) < 4.78 is 30.1. The number of ether oxygens (including phenoxy) is 3. The maximum absolute atomic E-state index is 13.3. The second-order valence-corrected chi connectivity index (χ2v) is 7.28. The largest absolute Gasteiger partial charge is 0.491 e. The lowest BCUT2D eigenvalue weighted by molar-refractivity contribution is -0.0605. The fourth-order valence-electron chi connectivity index (χ4n) is 3.49. The third-order valence-electron chi connectivity index (χ3n) is 4.92. The normalized spacial score (nSPS) is 19.6. The van der Waals surface area contributed by atoms with Crippen LogP contribution in [-0.4, -0.2) is 57.4 Å². The van der Waals surface area contributed by atoms with Gasteiger partial charge >= 0.3 is 0 Å². The van der Waals surface area contributed by atoms with Crippen LogP contribution in [0.5, 0.6) is 5.75 Å². The minimum absolute atomic E-state index is 0.0323. The number of halogens is 1. The standard InChI is InChI=1S/C23H30FN3O3/c1-17-15-27(16-22(30-17)19-7-9-20(24)10-8-19)23(25-2)26-14-18-5-4-6-21(13-18)29-12-11-28-3/h4-10,13,17,22H,11-12,14-16H2,1-3H3,(H,25,26). The van der Waals surface area contributed by atoms with Gasteiger partial charge in [-0.3, -0.25) is 4.99 Å². The van der Waals surface area contributed by atoms with Crippen molar-refractivity contribution in [3.8, 4) is 5.75 Å². The van der Waals surface area contributed by atoms with Gasteiger partial charge in [-0.15, -0.1) is 0 Å². The first-order valence-corrected chi connectivity index (χ1v) is 10.2. The summed E-state index contributed by atoms with van der Waals surface area (Å²) in [5, 5.41) is 3.43. The Bertz CT molecular complexity index is 829. The van der Waals surface area contributed by atoms with E-state index in [2.05, 4.69) is 15.2 Å². The van der Waals surface area contributed by atoms with Crippen LogP contribution in [0.1, 0.15) is 24.2 Å². The molecule has 7 heteroatoms. The minimum atomic E-state index is -0.245. The number of aliphatic imine (C=N–C) groups is 1. The van der Waals surface area contributed by atoms with Crippen molar-refractivity contribution in [2.75, 3.05) is 40.5 Å². The van der Waals surface area contributed by atoms with Gasteiger partial charge in [-0.1, -0.05) is 24.3 Å². The lowest BCUT2D eigenvalue weighted by Gasteiger charge is -2.38. The highest BCUT2D eigenvalue weighted by molar-refractivity contribution is 5.80. The molecule has 0 aliphatic carbocycles. The van der Waals surface area contributed by atoms with Gasteiger partial charge in [-0.05, 0) is 42.3 Å². The number of methoxy groups -OCH3 is 1. The molecular formula is C23H30FN3O3. The average Bonchev–Trinajstić information content (AvgIpc) is 2.75. The molecule has 2 aromatic rings. The Labute approximate surface area is 177 Å². The zero-order valence-corrected chi connectivity index (χ0v) is 17.8. The van der Waals surface area contributed by atoms with Crippen LogP contribution in [-0.2, 0) is 16.0 Å². The Morgan fingerprint density at radius 1 is 1.20 bits per heavy atom. The van der Waals surface area contributed by atoms with Gasteiger partial charge in [0.2, 0.25) is 0 Å².